The minimum atomic E-state index is -1.01. The topological polar surface area (TPSA) is 137 Å². The maximum atomic E-state index is 15.2. The third-order valence-corrected chi connectivity index (χ3v) is 11.7. The van der Waals surface area contributed by atoms with E-state index in [0.29, 0.717) is 60.5 Å². The fourth-order valence-corrected chi connectivity index (χ4v) is 8.61. The van der Waals surface area contributed by atoms with Gasteiger partial charge in [-0.3, -0.25) is 34.5 Å². The monoisotopic (exact) mass is 793 g/mol. The fraction of sp³-hybridized carbons (Fsp3) is 0.442. The van der Waals surface area contributed by atoms with Crippen LogP contribution in [-0.4, -0.2) is 93.6 Å². The van der Waals surface area contributed by atoms with Crippen LogP contribution in [0.2, 0.25) is 0 Å². The summed E-state index contributed by atoms with van der Waals surface area (Å²) in [6.45, 7) is 11.3. The molecule has 15 heteroatoms. The van der Waals surface area contributed by atoms with Crippen molar-refractivity contribution in [1.82, 2.24) is 29.9 Å². The number of nitrogens with zero attached hydrogens (tertiary/aromatic N) is 7. The van der Waals surface area contributed by atoms with Gasteiger partial charge < -0.3 is 15.0 Å². The normalized spacial score (nSPS) is 22.7. The van der Waals surface area contributed by atoms with Crippen molar-refractivity contribution in [2.75, 3.05) is 49.5 Å². The standard InChI is InChI=1S/C43H49F2N9O4/c1-25-6-5-15-58-42-32(21-46-51(42)4)36-20-30(16-26(2)47-36)40(56)50-43-48-35-9-7-29(19-37(35)54(43)22-25)24-52-13-14-53(27(3)23-52)12-11-28-17-33(44)39(34(45)18-28)31-8-10-38(55)49-41(31)57/h7,9,16-21,25,27,31H,5-6,8,10-15,22-24H2,1-4H3,(H,48,50,56)(H,49,55,57)/t25-,27-,31-/m1/s1. The molecule has 13 nitrogen and oxygen atoms in total. The minimum absolute atomic E-state index is 0.0554. The molecule has 0 aliphatic carbocycles. The van der Waals surface area contributed by atoms with E-state index in [0.717, 1.165) is 61.5 Å². The highest BCUT2D eigenvalue weighted by Crippen LogP contribution is 2.36. The van der Waals surface area contributed by atoms with Gasteiger partial charge in [0.05, 0.1) is 41.4 Å². The number of carbonyl (C=O) groups is 3. The molecular weight excluding hydrogens is 745 g/mol. The zero-order chi connectivity index (χ0) is 40.7. The SMILES string of the molecule is Cc1cc2cc(n1)-c1cnn(C)c1OCCC[C@@H](C)CN1/C(=N/C2=O)Nc2ccc(CN3CCN(CCc4cc(F)c([C@H]5CCC(=O)NC5=O)c(F)c4)[C@H](C)C3)cc21. The number of piperazine rings is 1. The van der Waals surface area contributed by atoms with Crippen LogP contribution in [0.4, 0.5) is 20.2 Å². The summed E-state index contributed by atoms with van der Waals surface area (Å²) in [6, 6.07) is 12.7. The third kappa shape index (κ3) is 8.23. The summed E-state index contributed by atoms with van der Waals surface area (Å²) in [6.07, 6.45) is 4.08. The Labute approximate surface area is 336 Å². The van der Waals surface area contributed by atoms with Crippen LogP contribution in [-0.2, 0) is 29.6 Å². The first-order chi connectivity index (χ1) is 27.9. The molecule has 2 N–H and O–H groups in total. The van der Waals surface area contributed by atoms with Gasteiger partial charge in [-0.05, 0) is 93.0 Å². The maximum absolute atomic E-state index is 15.2. The summed E-state index contributed by atoms with van der Waals surface area (Å²) in [5.41, 5.74) is 5.76. The number of amides is 3. The van der Waals surface area contributed by atoms with Crippen LogP contribution in [0.5, 0.6) is 5.88 Å². The highest BCUT2D eigenvalue weighted by molar-refractivity contribution is 6.19. The zero-order valence-corrected chi connectivity index (χ0v) is 33.4. The van der Waals surface area contributed by atoms with Crippen LogP contribution in [0.15, 0.2) is 53.7 Å². The Balaban J connectivity index is 0.936. The molecule has 3 atom stereocenters. The van der Waals surface area contributed by atoms with E-state index >= 15 is 8.78 Å². The maximum Gasteiger partial charge on any atom is 0.280 e. The molecule has 0 unspecified atom stereocenters. The lowest BCUT2D eigenvalue weighted by Gasteiger charge is -2.40. The smallest absolute Gasteiger partial charge is 0.280 e. The molecule has 4 aliphatic rings. The number of imide groups is 1. The molecule has 2 bridgehead atoms. The Morgan fingerprint density at radius 1 is 0.948 bits per heavy atom. The average Bonchev–Trinajstić information content (AvgIpc) is 3.71. The number of benzene rings is 2. The van der Waals surface area contributed by atoms with Crippen LogP contribution in [0.1, 0.15) is 78.2 Å². The van der Waals surface area contributed by atoms with Gasteiger partial charge in [0.25, 0.3) is 5.91 Å². The van der Waals surface area contributed by atoms with Gasteiger partial charge in [0.1, 0.15) is 11.6 Å². The van der Waals surface area contributed by atoms with Crippen molar-refractivity contribution in [3.05, 3.63) is 88.2 Å². The number of carbonyl (C=O) groups excluding carboxylic acids is 3. The number of anilines is 2. The molecule has 2 aromatic heterocycles. The highest BCUT2D eigenvalue weighted by atomic mass is 19.1. The van der Waals surface area contributed by atoms with E-state index in [1.54, 1.807) is 23.0 Å². The summed E-state index contributed by atoms with van der Waals surface area (Å²) in [4.78, 5) is 53.8. The summed E-state index contributed by atoms with van der Waals surface area (Å²) >= 11 is 0. The van der Waals surface area contributed by atoms with Crippen molar-refractivity contribution in [3.63, 3.8) is 0 Å². The predicted octanol–water partition coefficient (Wildman–Crippen LogP) is 5.57. The molecule has 3 amide bonds. The van der Waals surface area contributed by atoms with Crippen LogP contribution >= 0.6 is 0 Å². The highest BCUT2D eigenvalue weighted by Gasteiger charge is 2.33. The molecule has 304 valence electrons. The number of piperidine rings is 1. The summed E-state index contributed by atoms with van der Waals surface area (Å²) < 4.78 is 38.2. The number of hydrogen-bond acceptors (Lipinski definition) is 10. The second-order valence-corrected chi connectivity index (χ2v) is 16.1. The van der Waals surface area contributed by atoms with Gasteiger partial charge in [-0.1, -0.05) is 13.0 Å². The van der Waals surface area contributed by atoms with Crippen molar-refractivity contribution in [2.45, 2.75) is 71.4 Å². The van der Waals surface area contributed by atoms with Crippen LogP contribution in [0.25, 0.3) is 11.3 Å². The van der Waals surface area contributed by atoms with E-state index in [2.05, 4.69) is 67.5 Å². The van der Waals surface area contributed by atoms with Crippen LogP contribution in [0.3, 0.4) is 0 Å². The van der Waals surface area contributed by atoms with E-state index in [9.17, 15) is 14.4 Å². The third-order valence-electron chi connectivity index (χ3n) is 11.7. The van der Waals surface area contributed by atoms with Gasteiger partial charge in [0.2, 0.25) is 23.7 Å². The van der Waals surface area contributed by atoms with Gasteiger partial charge in [0.15, 0.2) is 0 Å². The van der Waals surface area contributed by atoms with Crippen LogP contribution in [0, 0.1) is 24.5 Å². The van der Waals surface area contributed by atoms with E-state index in [4.69, 9.17) is 9.72 Å². The van der Waals surface area contributed by atoms with Crippen molar-refractivity contribution >= 4 is 35.1 Å². The molecular formula is C43H49F2N9O4. The summed E-state index contributed by atoms with van der Waals surface area (Å²) in [5.74, 6) is -2.56. The number of hydrogen-bond donors (Lipinski definition) is 2. The number of ether oxygens (including phenoxy) is 1. The second kappa shape index (κ2) is 16.4. The molecule has 8 rings (SSSR count). The minimum Gasteiger partial charge on any atom is -0.477 e. The molecule has 2 aromatic carbocycles. The number of guanidine groups is 1. The molecule has 2 fully saturated rings. The van der Waals surface area contributed by atoms with Crippen LogP contribution < -0.4 is 20.3 Å². The Kier molecular flexibility index (Phi) is 11.1. The van der Waals surface area contributed by atoms with Gasteiger partial charge >= 0.3 is 0 Å². The number of aryl methyl sites for hydroxylation is 2. The second-order valence-electron chi connectivity index (χ2n) is 16.1. The lowest BCUT2D eigenvalue weighted by molar-refractivity contribution is -0.134. The molecule has 0 saturated carbocycles. The number of aliphatic imine (C=N–C) groups is 1. The Morgan fingerprint density at radius 3 is 2.53 bits per heavy atom. The lowest BCUT2D eigenvalue weighted by Crippen LogP contribution is -2.51. The number of pyridine rings is 1. The largest absolute Gasteiger partial charge is 0.477 e. The molecule has 4 aliphatic heterocycles. The van der Waals surface area contributed by atoms with Gasteiger partial charge in [0, 0.05) is 75.6 Å². The van der Waals surface area contributed by atoms with Gasteiger partial charge in [-0.25, -0.2) is 13.5 Å². The van der Waals surface area contributed by atoms with Crippen molar-refractivity contribution in [2.24, 2.45) is 18.0 Å². The molecule has 2 saturated heterocycles. The van der Waals surface area contributed by atoms with E-state index in [1.165, 1.54) is 12.1 Å². The van der Waals surface area contributed by atoms with Gasteiger partial charge in [-0.15, -0.1) is 0 Å². The summed E-state index contributed by atoms with van der Waals surface area (Å²) in [7, 11) is 1.84. The first kappa shape index (κ1) is 39.3. The number of halogens is 2. The van der Waals surface area contributed by atoms with E-state index in [-0.39, 0.29) is 36.3 Å². The predicted molar refractivity (Wildman–Crippen MR) is 216 cm³/mol. The van der Waals surface area contributed by atoms with Gasteiger partial charge in [-0.2, -0.15) is 10.1 Å². The number of aromatic nitrogens is 3. The lowest BCUT2D eigenvalue weighted by atomic mass is 9.89. The first-order valence-electron chi connectivity index (χ1n) is 20.1. The number of fused-ring (bicyclic) bond motifs is 7. The van der Waals surface area contributed by atoms with E-state index in [1.807, 2.05) is 14.0 Å². The number of rotatable bonds is 6. The molecule has 0 spiro atoms. The molecule has 4 aromatic rings. The molecule has 6 heterocycles. The summed E-state index contributed by atoms with van der Waals surface area (Å²) in [5, 5.41) is 10.0. The molecule has 0 radical (unpaired) electrons. The molecule has 58 heavy (non-hydrogen) atoms. The Bertz CT molecular complexity index is 2270. The average molecular weight is 794 g/mol. The Morgan fingerprint density at radius 2 is 1.76 bits per heavy atom. The van der Waals surface area contributed by atoms with Crippen molar-refractivity contribution in [3.8, 4) is 17.1 Å². The van der Waals surface area contributed by atoms with Crippen molar-refractivity contribution < 1.29 is 27.9 Å². The zero-order valence-electron chi connectivity index (χ0n) is 33.4. The number of nitrogens with one attached hydrogen (secondary N) is 2. The quantitative estimate of drug-likeness (QED) is 0.239. The Hall–Kier alpha value is -5.54. The fourth-order valence-electron chi connectivity index (χ4n) is 8.61. The van der Waals surface area contributed by atoms with E-state index < -0.39 is 29.4 Å². The van der Waals surface area contributed by atoms with Crippen molar-refractivity contribution in [1.29, 1.82) is 0 Å². The first-order valence-corrected chi connectivity index (χ1v) is 20.1.